The number of hydrogen-bond donors (Lipinski definition) is 0. The summed E-state index contributed by atoms with van der Waals surface area (Å²) in [6, 6.07) is 12.3. The van der Waals surface area contributed by atoms with E-state index in [4.69, 9.17) is 4.42 Å². The second kappa shape index (κ2) is 9.26. The van der Waals surface area contributed by atoms with Crippen molar-refractivity contribution < 1.29 is 17.6 Å². The number of alkyl halides is 2. The lowest BCUT2D eigenvalue weighted by atomic mass is 10.1. The summed E-state index contributed by atoms with van der Waals surface area (Å²) in [6.45, 7) is 3.72. The minimum atomic E-state index is -2.81. The number of piperazine rings is 1. The van der Waals surface area contributed by atoms with Crippen molar-refractivity contribution in [2.45, 2.75) is 13.0 Å². The van der Waals surface area contributed by atoms with Gasteiger partial charge in [0.2, 0.25) is 5.89 Å². The zero-order valence-corrected chi connectivity index (χ0v) is 18.4. The first-order valence-electron chi connectivity index (χ1n) is 10.8. The largest absolute Gasteiger partial charge is 0.415 e. The first-order chi connectivity index (χ1) is 16.5. The Hall–Kier alpha value is -3.73. The van der Waals surface area contributed by atoms with E-state index in [9.17, 15) is 8.78 Å². The molecule has 1 aliphatic heterocycles. The Morgan fingerprint density at radius 3 is 2.44 bits per heavy atom. The molecule has 0 bridgehead atoms. The van der Waals surface area contributed by atoms with Crippen LogP contribution in [0.25, 0.3) is 22.7 Å². The maximum Gasteiger partial charge on any atom is 0.314 e. The number of rotatable bonds is 6. The van der Waals surface area contributed by atoms with Gasteiger partial charge >= 0.3 is 6.43 Å². The van der Waals surface area contributed by atoms with E-state index in [1.807, 2.05) is 6.07 Å². The molecule has 4 aromatic rings. The average molecular weight is 469 g/mol. The minimum Gasteiger partial charge on any atom is -0.415 e. The second-order valence-corrected chi connectivity index (χ2v) is 8.17. The van der Waals surface area contributed by atoms with E-state index < -0.39 is 12.3 Å². The quantitative estimate of drug-likeness (QED) is 0.424. The molecule has 1 fully saturated rings. The Morgan fingerprint density at radius 2 is 1.74 bits per heavy atom. The standard InChI is InChI=1S/C23H22F3N7O/c1-31-9-11-32(12-10-31)19-4-2-3-17(20(19)24)18-14-33(30-27-18)13-15-5-7-16(8-6-15)22-28-29-23(34-22)21(25)26/h2-8,14,21H,9-13H2,1H3. The average Bonchev–Trinajstić information content (AvgIpc) is 3.51. The van der Waals surface area contributed by atoms with Crippen molar-refractivity contribution in [2.75, 3.05) is 38.1 Å². The highest BCUT2D eigenvalue weighted by Crippen LogP contribution is 2.29. The Morgan fingerprint density at radius 1 is 0.971 bits per heavy atom. The van der Waals surface area contributed by atoms with E-state index in [-0.39, 0.29) is 11.7 Å². The molecule has 176 valence electrons. The highest BCUT2D eigenvalue weighted by molar-refractivity contribution is 5.66. The van der Waals surface area contributed by atoms with Crippen LogP contribution in [0.15, 0.2) is 53.1 Å². The third kappa shape index (κ3) is 4.51. The number of nitrogens with zero attached hydrogens (tertiary/aromatic N) is 7. The monoisotopic (exact) mass is 469 g/mol. The lowest BCUT2D eigenvalue weighted by molar-refractivity contribution is 0.116. The third-order valence-corrected chi connectivity index (χ3v) is 5.81. The van der Waals surface area contributed by atoms with Gasteiger partial charge in [-0.2, -0.15) is 8.78 Å². The summed E-state index contributed by atoms with van der Waals surface area (Å²) >= 11 is 0. The number of halogens is 3. The molecule has 3 heterocycles. The first-order valence-corrected chi connectivity index (χ1v) is 10.8. The van der Waals surface area contributed by atoms with Crippen molar-refractivity contribution in [3.8, 4) is 22.7 Å². The van der Waals surface area contributed by atoms with Crippen molar-refractivity contribution in [1.82, 2.24) is 30.1 Å². The van der Waals surface area contributed by atoms with Gasteiger partial charge in [0.25, 0.3) is 5.89 Å². The lowest BCUT2D eigenvalue weighted by Crippen LogP contribution is -2.44. The molecule has 8 nitrogen and oxygen atoms in total. The predicted molar refractivity (Wildman–Crippen MR) is 119 cm³/mol. The van der Waals surface area contributed by atoms with Gasteiger partial charge < -0.3 is 14.2 Å². The molecule has 0 radical (unpaired) electrons. The van der Waals surface area contributed by atoms with Gasteiger partial charge in [0.1, 0.15) is 5.69 Å². The smallest absolute Gasteiger partial charge is 0.314 e. The lowest BCUT2D eigenvalue weighted by Gasteiger charge is -2.34. The molecule has 0 N–H and O–H groups in total. The van der Waals surface area contributed by atoms with Gasteiger partial charge in [-0.25, -0.2) is 9.07 Å². The van der Waals surface area contributed by atoms with Crippen LogP contribution < -0.4 is 4.90 Å². The van der Waals surface area contributed by atoms with Crippen LogP contribution in [0.3, 0.4) is 0 Å². The van der Waals surface area contributed by atoms with Crippen LogP contribution >= 0.6 is 0 Å². The van der Waals surface area contributed by atoms with Gasteiger partial charge in [-0.05, 0) is 36.9 Å². The molecule has 34 heavy (non-hydrogen) atoms. The fourth-order valence-corrected chi connectivity index (χ4v) is 3.89. The van der Waals surface area contributed by atoms with Crippen LogP contribution in [0.2, 0.25) is 0 Å². The molecule has 0 unspecified atom stereocenters. The zero-order valence-electron chi connectivity index (χ0n) is 18.4. The molecule has 1 aliphatic rings. The van der Waals surface area contributed by atoms with Gasteiger partial charge in [0, 0.05) is 37.3 Å². The van der Waals surface area contributed by atoms with E-state index >= 15 is 4.39 Å². The van der Waals surface area contributed by atoms with Crippen LogP contribution in [0.5, 0.6) is 0 Å². The fourth-order valence-electron chi connectivity index (χ4n) is 3.89. The molecule has 1 saturated heterocycles. The maximum atomic E-state index is 15.3. The van der Waals surface area contributed by atoms with Crippen LogP contribution in [0.1, 0.15) is 17.9 Å². The normalized spacial score (nSPS) is 14.8. The number of likely N-dealkylation sites (N-methyl/N-ethyl adjacent to an activating group) is 1. The third-order valence-electron chi connectivity index (χ3n) is 5.81. The van der Waals surface area contributed by atoms with E-state index in [0.29, 0.717) is 29.1 Å². The van der Waals surface area contributed by atoms with Crippen molar-refractivity contribution in [3.05, 3.63) is 65.9 Å². The number of benzene rings is 2. The summed E-state index contributed by atoms with van der Waals surface area (Å²) in [5, 5.41) is 15.3. The van der Waals surface area contributed by atoms with Crippen molar-refractivity contribution >= 4 is 5.69 Å². The summed E-state index contributed by atoms with van der Waals surface area (Å²) in [5.74, 6) is -0.982. The Balaban J connectivity index is 1.30. The molecule has 0 saturated carbocycles. The Kier molecular flexibility index (Phi) is 6.01. The predicted octanol–water partition coefficient (Wildman–Crippen LogP) is 3.87. The van der Waals surface area contributed by atoms with Crippen molar-refractivity contribution in [3.63, 3.8) is 0 Å². The maximum absolute atomic E-state index is 15.3. The molecular formula is C23H22F3N7O. The summed E-state index contributed by atoms with van der Waals surface area (Å²) in [5.41, 5.74) is 2.86. The van der Waals surface area contributed by atoms with Crippen molar-refractivity contribution in [1.29, 1.82) is 0 Å². The van der Waals surface area contributed by atoms with Crippen LogP contribution in [-0.4, -0.2) is 63.3 Å². The molecule has 5 rings (SSSR count). The summed E-state index contributed by atoms with van der Waals surface area (Å²) < 4.78 is 47.2. The molecule has 0 amide bonds. The van der Waals surface area contributed by atoms with Crippen LogP contribution in [-0.2, 0) is 6.54 Å². The second-order valence-electron chi connectivity index (χ2n) is 8.17. The molecule has 11 heteroatoms. The Bertz CT molecular complexity index is 1260. The summed E-state index contributed by atoms with van der Waals surface area (Å²) in [6.07, 6.45) is -1.11. The van der Waals surface area contributed by atoms with Crippen LogP contribution in [0.4, 0.5) is 18.9 Å². The molecule has 0 atom stereocenters. The molecule has 2 aromatic carbocycles. The van der Waals surface area contributed by atoms with E-state index in [2.05, 4.69) is 37.4 Å². The summed E-state index contributed by atoms with van der Waals surface area (Å²) in [7, 11) is 2.06. The van der Waals surface area contributed by atoms with Gasteiger partial charge in [0.15, 0.2) is 5.82 Å². The molecule has 2 aromatic heterocycles. The Labute approximate surface area is 193 Å². The SMILES string of the molecule is CN1CCN(c2cccc(-c3cn(Cc4ccc(-c5nnc(C(F)F)o5)cc4)nn3)c2F)CC1. The minimum absolute atomic E-state index is 0.0283. The molecule has 0 aliphatic carbocycles. The first kappa shape index (κ1) is 22.1. The van der Waals surface area contributed by atoms with Gasteiger partial charge in [0.05, 0.1) is 18.4 Å². The van der Waals surface area contributed by atoms with Gasteiger partial charge in [-0.1, -0.05) is 23.4 Å². The van der Waals surface area contributed by atoms with E-state index in [1.54, 1.807) is 47.3 Å². The van der Waals surface area contributed by atoms with Crippen molar-refractivity contribution in [2.24, 2.45) is 0 Å². The van der Waals surface area contributed by atoms with Gasteiger partial charge in [-0.15, -0.1) is 15.3 Å². The topological polar surface area (TPSA) is 76.1 Å². The molecular weight excluding hydrogens is 447 g/mol. The number of hydrogen-bond acceptors (Lipinski definition) is 7. The highest BCUT2D eigenvalue weighted by Gasteiger charge is 2.21. The highest BCUT2D eigenvalue weighted by atomic mass is 19.3. The van der Waals surface area contributed by atoms with E-state index in [0.717, 1.165) is 31.7 Å². The zero-order chi connectivity index (χ0) is 23.7. The number of anilines is 1. The summed E-state index contributed by atoms with van der Waals surface area (Å²) in [4.78, 5) is 4.28. The molecule has 0 spiro atoms. The fraction of sp³-hybridized carbons (Fsp3) is 0.304. The van der Waals surface area contributed by atoms with Crippen LogP contribution in [0, 0.1) is 5.82 Å². The number of aromatic nitrogens is 5. The van der Waals surface area contributed by atoms with Gasteiger partial charge in [-0.3, -0.25) is 0 Å². The van der Waals surface area contributed by atoms with E-state index in [1.165, 1.54) is 0 Å².